The van der Waals surface area contributed by atoms with Crippen molar-refractivity contribution < 1.29 is 22.7 Å². The van der Waals surface area contributed by atoms with Crippen LogP contribution in [0.15, 0.2) is 12.4 Å². The summed E-state index contributed by atoms with van der Waals surface area (Å²) in [4.78, 5) is 14.1. The van der Waals surface area contributed by atoms with Crippen molar-refractivity contribution in [3.63, 3.8) is 0 Å². The predicted molar refractivity (Wildman–Crippen MR) is 44.4 cm³/mol. The lowest BCUT2D eigenvalue weighted by Crippen LogP contribution is -2.21. The number of pyridine rings is 1. The van der Waals surface area contributed by atoms with Gasteiger partial charge in [-0.25, -0.2) is 0 Å². The van der Waals surface area contributed by atoms with E-state index in [9.17, 15) is 18.0 Å². The van der Waals surface area contributed by atoms with E-state index in [-0.39, 0.29) is 5.02 Å². The van der Waals surface area contributed by atoms with E-state index in [0.717, 1.165) is 6.20 Å². The van der Waals surface area contributed by atoms with Gasteiger partial charge in [-0.2, -0.15) is 0 Å². The highest BCUT2D eigenvalue weighted by atomic mass is 35.5. The van der Waals surface area contributed by atoms with E-state index in [1.54, 1.807) is 0 Å². The Balaban J connectivity index is 3.18. The van der Waals surface area contributed by atoms with Crippen LogP contribution < -0.4 is 10.5 Å². The maximum absolute atomic E-state index is 11.9. The molecule has 1 rings (SSSR count). The summed E-state index contributed by atoms with van der Waals surface area (Å²) in [5, 5.41) is -0.302. The lowest BCUT2D eigenvalue weighted by Gasteiger charge is -2.11. The molecule has 1 aromatic rings. The van der Waals surface area contributed by atoms with Crippen LogP contribution >= 0.6 is 11.6 Å². The Bertz CT molecular complexity index is 394. The number of ether oxygens (including phenoxy) is 1. The number of primary amides is 1. The van der Waals surface area contributed by atoms with Gasteiger partial charge in [0.05, 0.1) is 11.2 Å². The highest BCUT2D eigenvalue weighted by molar-refractivity contribution is 6.34. The van der Waals surface area contributed by atoms with Gasteiger partial charge in [0.25, 0.3) is 5.91 Å². The first-order valence-electron chi connectivity index (χ1n) is 3.50. The quantitative estimate of drug-likeness (QED) is 0.856. The number of amides is 1. The zero-order valence-corrected chi connectivity index (χ0v) is 7.76. The third-order valence-electron chi connectivity index (χ3n) is 1.34. The Labute approximate surface area is 86.8 Å². The van der Waals surface area contributed by atoms with Gasteiger partial charge >= 0.3 is 6.36 Å². The van der Waals surface area contributed by atoms with Gasteiger partial charge in [0.15, 0.2) is 5.75 Å². The molecule has 0 bridgehead atoms. The zero-order valence-electron chi connectivity index (χ0n) is 7.01. The van der Waals surface area contributed by atoms with E-state index in [4.69, 9.17) is 17.3 Å². The number of nitrogens with zero attached hydrogens (tertiary/aromatic N) is 1. The molecule has 1 aromatic heterocycles. The van der Waals surface area contributed by atoms with Crippen molar-refractivity contribution in [2.45, 2.75) is 6.36 Å². The van der Waals surface area contributed by atoms with Crippen molar-refractivity contribution in [2.24, 2.45) is 5.73 Å². The standard InChI is InChI=1S/C7H4ClF3N2O2/c8-3-1-13-2-4(5(3)6(12)14)15-7(9,10)11/h1-2H,(H2,12,14). The Morgan fingerprint density at radius 2 is 2.07 bits per heavy atom. The van der Waals surface area contributed by atoms with E-state index in [2.05, 4.69) is 9.72 Å². The summed E-state index contributed by atoms with van der Waals surface area (Å²) in [6.45, 7) is 0. The molecular weight excluding hydrogens is 237 g/mol. The largest absolute Gasteiger partial charge is 0.573 e. The van der Waals surface area contributed by atoms with E-state index in [1.807, 2.05) is 0 Å². The van der Waals surface area contributed by atoms with E-state index in [0.29, 0.717) is 6.20 Å². The third-order valence-corrected chi connectivity index (χ3v) is 1.62. The highest BCUT2D eigenvalue weighted by Crippen LogP contribution is 2.29. The van der Waals surface area contributed by atoms with Crippen LogP contribution in [-0.2, 0) is 0 Å². The van der Waals surface area contributed by atoms with Gasteiger partial charge in [0.2, 0.25) is 0 Å². The predicted octanol–water partition coefficient (Wildman–Crippen LogP) is 1.73. The molecule has 82 valence electrons. The van der Waals surface area contributed by atoms with Crippen LogP contribution in [0.1, 0.15) is 10.4 Å². The molecule has 1 heterocycles. The Hall–Kier alpha value is -1.50. The monoisotopic (exact) mass is 240 g/mol. The van der Waals surface area contributed by atoms with Crippen molar-refractivity contribution in [3.8, 4) is 5.75 Å². The third kappa shape index (κ3) is 2.98. The van der Waals surface area contributed by atoms with Gasteiger partial charge < -0.3 is 10.5 Å². The topological polar surface area (TPSA) is 65.2 Å². The number of hydrogen-bond donors (Lipinski definition) is 1. The van der Waals surface area contributed by atoms with Crippen LogP contribution in [0.25, 0.3) is 0 Å². The SMILES string of the molecule is NC(=O)c1c(Cl)cncc1OC(F)(F)F. The summed E-state index contributed by atoms with van der Waals surface area (Å²) in [5.41, 5.74) is 4.28. The fourth-order valence-electron chi connectivity index (χ4n) is 0.858. The molecule has 0 aliphatic carbocycles. The molecule has 8 heteroatoms. The number of nitrogens with two attached hydrogens (primary N) is 1. The van der Waals surface area contributed by atoms with Crippen LogP contribution in [0.2, 0.25) is 5.02 Å². The molecule has 0 fully saturated rings. The van der Waals surface area contributed by atoms with Crippen LogP contribution in [0, 0.1) is 0 Å². The molecule has 0 unspecified atom stereocenters. The molecule has 0 atom stereocenters. The van der Waals surface area contributed by atoms with E-state index >= 15 is 0 Å². The van der Waals surface area contributed by atoms with Gasteiger partial charge in [-0.1, -0.05) is 11.6 Å². The van der Waals surface area contributed by atoms with Crippen LogP contribution in [0.5, 0.6) is 5.75 Å². The Morgan fingerprint density at radius 3 is 2.53 bits per heavy atom. The molecule has 15 heavy (non-hydrogen) atoms. The lowest BCUT2D eigenvalue weighted by atomic mass is 10.2. The number of carbonyl (C=O) groups is 1. The lowest BCUT2D eigenvalue weighted by molar-refractivity contribution is -0.274. The van der Waals surface area contributed by atoms with Crippen molar-refractivity contribution in [1.29, 1.82) is 0 Å². The number of aromatic nitrogens is 1. The number of rotatable bonds is 2. The number of hydrogen-bond acceptors (Lipinski definition) is 3. The summed E-state index contributed by atoms with van der Waals surface area (Å²) >= 11 is 5.44. The van der Waals surface area contributed by atoms with Gasteiger partial charge in [-0.15, -0.1) is 13.2 Å². The number of halogens is 4. The summed E-state index contributed by atoms with van der Waals surface area (Å²) < 4.78 is 39.1. The summed E-state index contributed by atoms with van der Waals surface area (Å²) in [6.07, 6.45) is -3.24. The molecule has 0 aromatic carbocycles. The van der Waals surface area contributed by atoms with Crippen molar-refractivity contribution in [1.82, 2.24) is 4.98 Å². The summed E-state index contributed by atoms with van der Waals surface area (Å²) in [7, 11) is 0. The summed E-state index contributed by atoms with van der Waals surface area (Å²) in [5.74, 6) is -1.94. The maximum atomic E-state index is 11.9. The molecule has 2 N–H and O–H groups in total. The van der Waals surface area contributed by atoms with Crippen molar-refractivity contribution >= 4 is 17.5 Å². The molecule has 0 aliphatic rings. The fraction of sp³-hybridized carbons (Fsp3) is 0.143. The Morgan fingerprint density at radius 1 is 1.47 bits per heavy atom. The van der Waals surface area contributed by atoms with Crippen molar-refractivity contribution in [2.75, 3.05) is 0 Å². The second-order valence-corrected chi connectivity index (χ2v) is 2.81. The first-order valence-corrected chi connectivity index (χ1v) is 3.88. The van der Waals surface area contributed by atoms with Crippen LogP contribution in [-0.4, -0.2) is 17.3 Å². The fourth-order valence-corrected chi connectivity index (χ4v) is 1.10. The molecule has 0 aliphatic heterocycles. The average Bonchev–Trinajstić information content (AvgIpc) is 1.99. The zero-order chi connectivity index (χ0) is 11.6. The number of carbonyl (C=O) groups excluding carboxylic acids is 1. The summed E-state index contributed by atoms with van der Waals surface area (Å²) in [6, 6.07) is 0. The van der Waals surface area contributed by atoms with Crippen LogP contribution in [0.3, 0.4) is 0 Å². The molecule has 4 nitrogen and oxygen atoms in total. The van der Waals surface area contributed by atoms with E-state index in [1.165, 1.54) is 0 Å². The second kappa shape index (κ2) is 3.93. The van der Waals surface area contributed by atoms with Crippen LogP contribution in [0.4, 0.5) is 13.2 Å². The molecule has 1 amide bonds. The Kier molecular flexibility index (Phi) is 3.04. The minimum atomic E-state index is -4.93. The maximum Gasteiger partial charge on any atom is 0.573 e. The molecule has 0 saturated carbocycles. The minimum Gasteiger partial charge on any atom is -0.403 e. The first kappa shape index (κ1) is 11.6. The number of alkyl halides is 3. The highest BCUT2D eigenvalue weighted by Gasteiger charge is 2.33. The van der Waals surface area contributed by atoms with Crippen molar-refractivity contribution in [3.05, 3.63) is 23.0 Å². The van der Waals surface area contributed by atoms with Gasteiger partial charge in [-0.05, 0) is 0 Å². The molecule has 0 saturated heterocycles. The normalized spacial score (nSPS) is 11.2. The smallest absolute Gasteiger partial charge is 0.403 e. The minimum absolute atomic E-state index is 0.302. The van der Waals surface area contributed by atoms with E-state index < -0.39 is 23.6 Å². The van der Waals surface area contributed by atoms with Gasteiger partial charge in [0, 0.05) is 6.20 Å². The second-order valence-electron chi connectivity index (χ2n) is 2.41. The first-order chi connectivity index (χ1) is 6.81. The molecular formula is C7H4ClF3N2O2. The molecule has 0 spiro atoms. The average molecular weight is 241 g/mol. The van der Waals surface area contributed by atoms with Gasteiger partial charge in [0.1, 0.15) is 5.56 Å². The van der Waals surface area contributed by atoms with Gasteiger partial charge in [-0.3, -0.25) is 9.78 Å². The molecule has 0 radical (unpaired) electrons.